The summed E-state index contributed by atoms with van der Waals surface area (Å²) in [5.74, 6) is -5.49. The molecule has 70 heteroatoms. The first-order valence-corrected chi connectivity index (χ1v) is 34.4. The second-order valence-corrected chi connectivity index (χ2v) is 27.3. The molecule has 5 aliphatic rings. The molecule has 5 aliphatic heterocycles. The molecule has 0 amide bonds. The van der Waals surface area contributed by atoms with Crippen molar-refractivity contribution >= 4 is 94.8 Å². The predicted octanol–water partition coefficient (Wildman–Crippen LogP) is -48.1. The minimum atomic E-state index is -6.46. The summed E-state index contributed by atoms with van der Waals surface area (Å²) < 4.78 is 354. The SMILES string of the molecule is CO[C@H]1O[C@H](COS(=O)(=O)[O-])[C@@H](O[C@@H]2O[C@@H](C(=O)[O-])[C@@H](O[C@H]3O[C@H](COS(=O)(=O)[O-])[C@@H](O[C@@H]4O[C@H](C(=O)[O-])[C@@H](O[C@H]5O[C@H](COS(=O)(=O)O)[C@@H](O)[C@H](O)[C@H]5NS(=O)(=O)[O-])[C@H](O)[C@H]4O)[C@H](OS(=O)(=O)O)[C@H]3NS(=O)(=O)O)[C@H](O)[C@H]2OS(=O)(=O)[O-])[C@H](O)[C@H]1NS(=O)(=O)[O-].[Na+].[Na+].[Na+].[Na+].[Na+].[Na+].[Na+].[Na+].[Na+].[Na+]. The molecule has 5 saturated heterocycles. The van der Waals surface area contributed by atoms with Crippen molar-refractivity contribution in [3.05, 3.63) is 0 Å². The molecule has 534 valence electrons. The Morgan fingerprint density at radius 2 is 0.743 bits per heavy atom. The minimum absolute atomic E-state index is 0. The zero-order valence-corrected chi connectivity index (χ0v) is 80.2. The van der Waals surface area contributed by atoms with E-state index in [0.29, 0.717) is 7.11 Å². The molecule has 101 heavy (non-hydrogen) atoms. The first kappa shape index (κ1) is 119. The van der Waals surface area contributed by atoms with Crippen LogP contribution >= 0.6 is 0 Å². The number of aliphatic carboxylic acids is 2. The molecular formula is C31H46N3Na10O49S8+3. The number of aliphatic hydroxyl groups is 6. The largest absolute Gasteiger partial charge is 1.00 e. The Balaban J connectivity index is -0.00000226. The van der Waals surface area contributed by atoms with Crippen LogP contribution in [0, 0.1) is 0 Å². The van der Waals surface area contributed by atoms with E-state index in [1.54, 1.807) is 0 Å². The van der Waals surface area contributed by atoms with Crippen LogP contribution < -0.4 is 320 Å². The predicted molar refractivity (Wildman–Crippen MR) is 247 cm³/mol. The fraction of sp³-hybridized carbons (Fsp3) is 0.935. The molecule has 0 radical (unpaired) electrons. The van der Waals surface area contributed by atoms with Gasteiger partial charge in [-0.15, -0.1) is 0 Å². The van der Waals surface area contributed by atoms with E-state index >= 15 is 0 Å². The number of carboxylic acids is 2. The number of hydrogen-bond acceptors (Lipinski definition) is 46. The van der Waals surface area contributed by atoms with Crippen molar-refractivity contribution < 1.29 is 518 Å². The zero-order valence-electron chi connectivity index (χ0n) is 53.7. The summed E-state index contributed by atoms with van der Waals surface area (Å²) in [5, 5.41) is 92.3. The second kappa shape index (κ2) is 49.0. The third kappa shape index (κ3) is 38.3. The van der Waals surface area contributed by atoms with Crippen molar-refractivity contribution in [3.8, 4) is 0 Å². The molecule has 0 aromatic heterocycles. The Morgan fingerprint density at radius 3 is 1.14 bits per heavy atom. The molecule has 0 aromatic rings. The maximum absolute atomic E-state index is 12.9. The van der Waals surface area contributed by atoms with Crippen LogP contribution in [0.15, 0.2) is 0 Å². The van der Waals surface area contributed by atoms with Crippen LogP contribution in [0.3, 0.4) is 0 Å². The summed E-state index contributed by atoms with van der Waals surface area (Å²) in [4.78, 5) is 25.5. The smallest absolute Gasteiger partial charge is 0.735 e. The normalized spacial score (nSPS) is 34.8. The number of ether oxygens (including phenoxy) is 10. The van der Waals surface area contributed by atoms with Crippen LogP contribution in [0.1, 0.15) is 0 Å². The number of rotatable bonds is 30. The van der Waals surface area contributed by atoms with Crippen molar-refractivity contribution in [2.24, 2.45) is 0 Å². The summed E-state index contributed by atoms with van der Waals surface area (Å²) >= 11 is 0. The standard InChI is InChI=1S/C31H53N3O49S8.10Na/c1-69-27-9(33-85(48,49)50)13(37)17(6(74-27)3-71-88(57,58)59)76-31-22(83-91(66,67)68)16(40)21(24(81-31)26(43)44)79-29-10(34-86(51,52)53)19(82-90(63,64)65)18(7(75-29)4-72-89(60,61)62)77-30-15(39)14(38)20(23(80-30)25(41)42)78-28-8(32-84(45,46)47)12(36)11(35)5(73-28)2-70-87(54,55)56;;;;;;;;;;/h5-24,27-40H,2-4H2,1H3,(H,41,42)(H,43,44)(H,45,46,47)(H,48,49,50)(H,51,52,53)(H,54,55,56)(H,57,58,59)(H,60,61,62)(H,63,64,65)(H,66,67,68);;;;;;;;;;/q;10*+1/p-7/t5-,6-,7-,8-,9-,10-,11-,12-,13-,14-,15-,16+,17-,18-,19-,20+,21+,22-,23+,24-,27+,28-,29-,30-,31-;;;;;;;;;;/m1........../s1. The molecular weight excluding hydrogens is 1680 g/mol. The van der Waals surface area contributed by atoms with Crippen molar-refractivity contribution in [1.29, 1.82) is 0 Å². The van der Waals surface area contributed by atoms with Crippen LogP contribution in [-0.4, -0.2) is 327 Å². The van der Waals surface area contributed by atoms with Crippen molar-refractivity contribution in [2.75, 3.05) is 26.9 Å². The fourth-order valence-electron chi connectivity index (χ4n) is 8.94. The Kier molecular flexibility index (Phi) is 57.7. The third-order valence-electron chi connectivity index (χ3n) is 12.4. The number of carbonyl (C=O) groups excluding carboxylic acids is 2. The van der Waals surface area contributed by atoms with Gasteiger partial charge in [0, 0.05) is 7.11 Å². The van der Waals surface area contributed by atoms with E-state index in [1.807, 2.05) is 0 Å². The first-order chi connectivity index (χ1) is 41.2. The number of carbonyl (C=O) groups is 2. The Labute approximate surface area is 793 Å². The summed E-state index contributed by atoms with van der Waals surface area (Å²) in [6.45, 7) is -5.32. The van der Waals surface area contributed by atoms with Gasteiger partial charge in [0.05, 0.1) is 31.8 Å². The summed E-state index contributed by atoms with van der Waals surface area (Å²) in [6.07, 6.45) is -65.7. The fourth-order valence-corrected chi connectivity index (χ4v) is 12.6. The number of nitrogens with one attached hydrogen (secondary N) is 3. The molecule has 0 saturated carbocycles. The molecule has 0 spiro atoms. The quantitative estimate of drug-likeness (QED) is 0.0180. The van der Waals surface area contributed by atoms with Crippen molar-refractivity contribution in [2.45, 2.75) is 153 Å². The van der Waals surface area contributed by atoms with Gasteiger partial charge in [0.2, 0.25) is 31.2 Å². The molecule has 5 rings (SSSR count). The zero-order chi connectivity index (χ0) is 69.4. The molecule has 0 unspecified atom stereocenters. The van der Waals surface area contributed by atoms with E-state index in [9.17, 15) is 150 Å². The van der Waals surface area contributed by atoms with Crippen LogP contribution in [0.2, 0.25) is 0 Å². The molecule has 12 N–H and O–H groups in total. The number of hydrogen-bond donors (Lipinski definition) is 12. The minimum Gasteiger partial charge on any atom is -0.735 e. The molecule has 52 nitrogen and oxygen atoms in total. The van der Waals surface area contributed by atoms with E-state index < -0.39 is 268 Å². The first-order valence-electron chi connectivity index (χ1n) is 23.4. The molecule has 5 heterocycles. The van der Waals surface area contributed by atoms with E-state index in [1.165, 1.54) is 4.72 Å². The monoisotopic (exact) mass is 1730 g/mol. The van der Waals surface area contributed by atoms with E-state index in [0.717, 1.165) is 9.44 Å². The van der Waals surface area contributed by atoms with Crippen LogP contribution in [-0.2, 0) is 161 Å². The summed E-state index contributed by atoms with van der Waals surface area (Å²) in [5.41, 5.74) is 0. The van der Waals surface area contributed by atoms with Gasteiger partial charge in [-0.05, 0) is 0 Å². The molecule has 5 fully saturated rings. The third-order valence-corrected chi connectivity index (χ3v) is 16.3. The average molecular weight is 1730 g/mol. The number of methoxy groups -OCH3 is 1. The Bertz CT molecular complexity index is 3530. The summed E-state index contributed by atoms with van der Waals surface area (Å²) in [7, 11) is -47.5. The van der Waals surface area contributed by atoms with E-state index in [4.69, 9.17) is 51.9 Å². The molecule has 0 aliphatic carbocycles. The van der Waals surface area contributed by atoms with Crippen molar-refractivity contribution in [3.63, 3.8) is 0 Å². The Morgan fingerprint density at radius 1 is 0.366 bits per heavy atom. The van der Waals surface area contributed by atoms with Gasteiger partial charge in [0.15, 0.2) is 58.2 Å². The molecule has 0 bridgehead atoms. The van der Waals surface area contributed by atoms with Crippen molar-refractivity contribution in [1.82, 2.24) is 14.2 Å². The maximum Gasteiger partial charge on any atom is 1.00 e. The molecule has 25 atom stereocenters. The number of aliphatic hydroxyl groups excluding tert-OH is 6. The van der Waals surface area contributed by atoms with Crippen LogP contribution in [0.5, 0.6) is 0 Å². The topological polar surface area (TPSA) is 825 Å². The van der Waals surface area contributed by atoms with Gasteiger partial charge in [0.1, 0.15) is 116 Å². The van der Waals surface area contributed by atoms with Gasteiger partial charge in [-0.1, -0.05) is 0 Å². The van der Waals surface area contributed by atoms with Gasteiger partial charge in [-0.25, -0.2) is 59.9 Å². The van der Waals surface area contributed by atoms with Crippen LogP contribution in [0.4, 0.5) is 0 Å². The van der Waals surface area contributed by atoms with Gasteiger partial charge in [-0.2, -0.15) is 30.0 Å². The van der Waals surface area contributed by atoms with Gasteiger partial charge in [0.25, 0.3) is 0 Å². The van der Waals surface area contributed by atoms with Gasteiger partial charge in [-0.3, -0.25) is 26.2 Å². The Hall–Kier alpha value is 7.26. The van der Waals surface area contributed by atoms with Crippen LogP contribution in [0.25, 0.3) is 0 Å². The second-order valence-electron chi connectivity index (χ2n) is 18.6. The maximum atomic E-state index is 12.9. The summed E-state index contributed by atoms with van der Waals surface area (Å²) in [6, 6.07) is -8.46. The van der Waals surface area contributed by atoms with E-state index in [2.05, 4.69) is 20.9 Å². The molecule has 0 aromatic carbocycles. The van der Waals surface area contributed by atoms with Gasteiger partial charge >= 0.3 is 327 Å². The average Bonchev–Trinajstić information content (AvgIpc) is 0.764. The number of carboxylic acid groups (broad SMARTS) is 2. The van der Waals surface area contributed by atoms with Gasteiger partial charge < -0.3 is 121 Å². The van der Waals surface area contributed by atoms with E-state index in [-0.39, 0.29) is 296 Å².